The van der Waals surface area contributed by atoms with E-state index in [9.17, 15) is 19.2 Å². The van der Waals surface area contributed by atoms with Crippen molar-refractivity contribution < 1.29 is 19.2 Å². The molecule has 0 saturated heterocycles. The Morgan fingerprint density at radius 3 is 1.29 bits per heavy atom. The van der Waals surface area contributed by atoms with Crippen LogP contribution in [0.4, 0.5) is 0 Å². The van der Waals surface area contributed by atoms with Crippen LogP contribution in [-0.4, -0.2) is 28.0 Å². The lowest BCUT2D eigenvalue weighted by molar-refractivity contribution is 0.0978. The molecule has 0 amide bonds. The van der Waals surface area contributed by atoms with Gasteiger partial charge in [0.25, 0.3) is 0 Å². The number of nitrogens with zero attached hydrogens (tertiary/aromatic N) is 1. The van der Waals surface area contributed by atoms with Crippen molar-refractivity contribution in [1.29, 1.82) is 0 Å². The molecule has 0 bridgehead atoms. The van der Waals surface area contributed by atoms with Gasteiger partial charge in [-0.2, -0.15) is 0 Å². The summed E-state index contributed by atoms with van der Waals surface area (Å²) in [5, 5.41) is 7.26. The van der Waals surface area contributed by atoms with Gasteiger partial charge in [-0.05, 0) is 73.3 Å². The van der Waals surface area contributed by atoms with Crippen molar-refractivity contribution in [2.45, 2.75) is 19.6 Å². The highest BCUT2D eigenvalue weighted by Gasteiger charge is 2.31. The second-order valence-electron chi connectivity index (χ2n) is 13.9. The molecular formula is C47H29NO4. The molecule has 0 unspecified atom stereocenters. The van der Waals surface area contributed by atoms with Crippen LogP contribution in [0.15, 0.2) is 140 Å². The minimum atomic E-state index is -0.150. The molecule has 0 radical (unpaired) electrons. The first-order chi connectivity index (χ1) is 25.4. The summed E-state index contributed by atoms with van der Waals surface area (Å²) in [7, 11) is 0. The van der Waals surface area contributed by atoms with Crippen LogP contribution in [0.25, 0.3) is 32.3 Å². The fourth-order valence-corrected chi connectivity index (χ4v) is 8.35. The smallest absolute Gasteiger partial charge is 0.194 e. The van der Waals surface area contributed by atoms with Crippen LogP contribution in [-0.2, 0) is 19.6 Å². The van der Waals surface area contributed by atoms with E-state index < -0.39 is 0 Å². The molecule has 0 saturated carbocycles. The number of fused-ring (bicyclic) bond motifs is 4. The third-order valence-electron chi connectivity index (χ3n) is 10.8. The van der Waals surface area contributed by atoms with Gasteiger partial charge in [0.2, 0.25) is 0 Å². The summed E-state index contributed by atoms with van der Waals surface area (Å²) in [6.07, 6.45) is 0. The molecule has 0 heterocycles. The molecule has 5 nitrogen and oxygen atoms in total. The van der Waals surface area contributed by atoms with Gasteiger partial charge in [-0.3, -0.25) is 24.1 Å². The molecular weight excluding hydrogens is 643 g/mol. The Kier molecular flexibility index (Phi) is 6.69. The van der Waals surface area contributed by atoms with Crippen LogP contribution >= 0.6 is 0 Å². The highest BCUT2D eigenvalue weighted by atomic mass is 16.1. The molecule has 0 fully saturated rings. The number of hydrogen-bond donors (Lipinski definition) is 0. The van der Waals surface area contributed by atoms with E-state index in [1.54, 1.807) is 60.7 Å². The average molecular weight is 672 g/mol. The van der Waals surface area contributed by atoms with Crippen molar-refractivity contribution >= 4 is 55.5 Å². The number of carbonyl (C=O) groups is 4. The minimum Gasteiger partial charge on any atom is -0.291 e. The van der Waals surface area contributed by atoms with Gasteiger partial charge in [0.1, 0.15) is 0 Å². The molecule has 0 atom stereocenters. The predicted octanol–water partition coefficient (Wildman–Crippen LogP) is 9.34. The average Bonchev–Trinajstić information content (AvgIpc) is 3.18. The first kappa shape index (κ1) is 30.3. The Balaban J connectivity index is 1.06. The van der Waals surface area contributed by atoms with Crippen molar-refractivity contribution in [2.24, 2.45) is 0 Å². The zero-order valence-electron chi connectivity index (χ0n) is 28.0. The summed E-state index contributed by atoms with van der Waals surface area (Å²) >= 11 is 0. The quantitative estimate of drug-likeness (QED) is 0.165. The van der Waals surface area contributed by atoms with E-state index in [1.807, 2.05) is 24.3 Å². The predicted molar refractivity (Wildman–Crippen MR) is 203 cm³/mol. The SMILES string of the molecule is O=C1c2ccccc2C(=O)c2cc(CN(Cc3ccc4c(c3)C(=O)c3ccccc3C4=O)Cc3ccc4ccc5cccc6ccc3c4c56)ccc21. The van der Waals surface area contributed by atoms with Crippen LogP contribution in [0.1, 0.15) is 80.4 Å². The summed E-state index contributed by atoms with van der Waals surface area (Å²) in [6.45, 7) is 1.53. The number of benzene rings is 8. The van der Waals surface area contributed by atoms with E-state index in [1.165, 1.54) is 32.3 Å². The van der Waals surface area contributed by atoms with Crippen LogP contribution in [0.2, 0.25) is 0 Å². The van der Waals surface area contributed by atoms with Crippen LogP contribution in [0.5, 0.6) is 0 Å². The van der Waals surface area contributed by atoms with E-state index in [-0.39, 0.29) is 23.1 Å². The zero-order chi connectivity index (χ0) is 35.1. The molecule has 5 heteroatoms. The van der Waals surface area contributed by atoms with Crippen LogP contribution < -0.4 is 0 Å². The van der Waals surface area contributed by atoms with Gasteiger partial charge in [0, 0.05) is 64.1 Å². The molecule has 8 aromatic rings. The number of rotatable bonds is 6. The summed E-state index contributed by atoms with van der Waals surface area (Å²) in [6, 6.07) is 44.6. The third kappa shape index (κ3) is 4.60. The maximum Gasteiger partial charge on any atom is 0.194 e. The fraction of sp³-hybridized carbons (Fsp3) is 0.0638. The van der Waals surface area contributed by atoms with Crippen molar-refractivity contribution in [3.05, 3.63) is 201 Å². The molecule has 10 rings (SSSR count). The molecule has 2 aliphatic carbocycles. The van der Waals surface area contributed by atoms with Gasteiger partial charge in [0.15, 0.2) is 23.1 Å². The van der Waals surface area contributed by atoms with E-state index in [0.717, 1.165) is 16.7 Å². The Morgan fingerprint density at radius 2 is 0.769 bits per heavy atom. The Bertz CT molecular complexity index is 2730. The van der Waals surface area contributed by atoms with Gasteiger partial charge in [-0.1, -0.05) is 115 Å². The monoisotopic (exact) mass is 671 g/mol. The van der Waals surface area contributed by atoms with Gasteiger partial charge in [-0.25, -0.2) is 0 Å². The van der Waals surface area contributed by atoms with Crippen molar-refractivity contribution in [3.63, 3.8) is 0 Å². The van der Waals surface area contributed by atoms with Gasteiger partial charge in [0.05, 0.1) is 0 Å². The lowest BCUT2D eigenvalue weighted by atomic mass is 9.83. The van der Waals surface area contributed by atoms with Crippen molar-refractivity contribution in [1.82, 2.24) is 4.90 Å². The first-order valence-corrected chi connectivity index (χ1v) is 17.4. The second kappa shape index (κ2) is 11.5. The first-order valence-electron chi connectivity index (χ1n) is 17.4. The van der Waals surface area contributed by atoms with Crippen molar-refractivity contribution in [3.8, 4) is 0 Å². The van der Waals surface area contributed by atoms with Crippen molar-refractivity contribution in [2.75, 3.05) is 0 Å². The third-order valence-corrected chi connectivity index (χ3v) is 10.8. The highest BCUT2D eigenvalue weighted by molar-refractivity contribution is 6.29. The summed E-state index contributed by atoms with van der Waals surface area (Å²) in [4.78, 5) is 56.3. The summed E-state index contributed by atoms with van der Waals surface area (Å²) < 4.78 is 0. The van der Waals surface area contributed by atoms with E-state index >= 15 is 0 Å². The second-order valence-corrected chi connectivity index (χ2v) is 13.9. The number of hydrogen-bond acceptors (Lipinski definition) is 5. The molecule has 0 aliphatic heterocycles. The zero-order valence-corrected chi connectivity index (χ0v) is 28.0. The fourth-order valence-electron chi connectivity index (χ4n) is 8.35. The molecule has 52 heavy (non-hydrogen) atoms. The van der Waals surface area contributed by atoms with Crippen LogP contribution in [0, 0.1) is 0 Å². The largest absolute Gasteiger partial charge is 0.291 e. The molecule has 2 aliphatic rings. The maximum absolute atomic E-state index is 13.6. The minimum absolute atomic E-state index is 0.142. The molecule has 246 valence electrons. The normalized spacial score (nSPS) is 13.6. The van der Waals surface area contributed by atoms with Gasteiger partial charge >= 0.3 is 0 Å². The standard InChI is InChI=1S/C47H29NO4/c49-44-34-8-1-3-10-36(34)46(51)40-22-27(12-19-38(40)44)24-48(25-28-13-20-39-41(23-28)47(52)37-11-4-2-9-35(37)45(39)50)26-32-17-16-31-15-14-29-6-5-7-30-18-21-33(32)43(31)42(29)30/h1-23H,24-26H2. The van der Waals surface area contributed by atoms with Crippen LogP contribution in [0.3, 0.4) is 0 Å². The van der Waals surface area contributed by atoms with Gasteiger partial charge < -0.3 is 0 Å². The summed E-state index contributed by atoms with van der Waals surface area (Å²) in [5.74, 6) is -0.582. The van der Waals surface area contributed by atoms with E-state index in [0.29, 0.717) is 64.1 Å². The highest BCUT2D eigenvalue weighted by Crippen LogP contribution is 2.37. The molecule has 8 aromatic carbocycles. The van der Waals surface area contributed by atoms with Gasteiger partial charge in [-0.15, -0.1) is 0 Å². The molecule has 0 aromatic heterocycles. The lowest BCUT2D eigenvalue weighted by Crippen LogP contribution is -2.25. The van der Waals surface area contributed by atoms with E-state index in [2.05, 4.69) is 59.5 Å². The topological polar surface area (TPSA) is 71.5 Å². The maximum atomic E-state index is 13.6. The number of ketones is 4. The Labute approximate surface area is 299 Å². The summed E-state index contributed by atoms with van der Waals surface area (Å²) in [5.41, 5.74) is 6.36. The van der Waals surface area contributed by atoms with E-state index in [4.69, 9.17) is 0 Å². The Hall–Kier alpha value is -6.56. The Morgan fingerprint density at radius 1 is 0.346 bits per heavy atom. The number of carbonyl (C=O) groups excluding carboxylic acids is 4. The molecule has 0 spiro atoms. The lowest BCUT2D eigenvalue weighted by Gasteiger charge is -2.26. The molecule has 0 N–H and O–H groups in total.